The molecule has 4 heteroatoms. The molecule has 0 bridgehead atoms. The predicted octanol–water partition coefficient (Wildman–Crippen LogP) is 4.69. The average molecular weight is 344 g/mol. The quantitative estimate of drug-likeness (QED) is 0.857. The van der Waals surface area contributed by atoms with Gasteiger partial charge in [0.25, 0.3) is 0 Å². The Morgan fingerprint density at radius 3 is 2.58 bits per heavy atom. The summed E-state index contributed by atoms with van der Waals surface area (Å²) >= 11 is 9.35. The van der Waals surface area contributed by atoms with Crippen molar-refractivity contribution in [3.63, 3.8) is 0 Å². The van der Waals surface area contributed by atoms with Crippen LogP contribution in [0.5, 0.6) is 0 Å². The maximum atomic E-state index is 13.8. The molecule has 2 aromatic carbocycles. The topological polar surface area (TPSA) is 20.2 Å². The second kappa shape index (κ2) is 5.61. The molecule has 0 saturated carbocycles. The Hall–Kier alpha value is -0.900. The van der Waals surface area contributed by atoms with Gasteiger partial charge in [-0.25, -0.2) is 4.39 Å². The van der Waals surface area contributed by atoms with E-state index in [0.29, 0.717) is 16.1 Å². The van der Waals surface area contributed by atoms with E-state index in [9.17, 15) is 9.50 Å². The van der Waals surface area contributed by atoms with Gasteiger partial charge in [-0.1, -0.05) is 45.7 Å². The van der Waals surface area contributed by atoms with Crippen LogP contribution in [0.4, 0.5) is 4.39 Å². The summed E-state index contributed by atoms with van der Waals surface area (Å²) in [6.07, 6.45) is 0.120. The molecule has 100 valence electrons. The van der Waals surface area contributed by atoms with Gasteiger partial charge in [-0.3, -0.25) is 0 Å². The molecule has 0 spiro atoms. The molecule has 0 radical (unpaired) electrons. The fourth-order valence-electron chi connectivity index (χ4n) is 1.97. The second-order valence-corrected chi connectivity index (χ2v) is 5.98. The largest absolute Gasteiger partial charge is 0.385 e. The number of halogens is 3. The molecule has 0 aromatic heterocycles. The lowest BCUT2D eigenvalue weighted by atomic mass is 9.89. The van der Waals surface area contributed by atoms with Crippen molar-refractivity contribution >= 4 is 27.5 Å². The first-order valence-electron chi connectivity index (χ1n) is 5.81. The van der Waals surface area contributed by atoms with E-state index in [1.165, 1.54) is 6.07 Å². The van der Waals surface area contributed by atoms with Crippen LogP contribution in [0.2, 0.25) is 5.02 Å². The first kappa shape index (κ1) is 14.5. The van der Waals surface area contributed by atoms with Crippen LogP contribution in [0.25, 0.3) is 0 Å². The fourth-order valence-corrected chi connectivity index (χ4v) is 2.60. The van der Waals surface area contributed by atoms with Crippen LogP contribution >= 0.6 is 27.5 Å². The molecule has 0 saturated heterocycles. The van der Waals surface area contributed by atoms with E-state index in [4.69, 9.17) is 11.6 Å². The molecular weight excluding hydrogens is 331 g/mol. The SMILES string of the molecule is CC(O)(Cc1c(F)cccc1Cl)c1cccc(Br)c1. The molecule has 0 aliphatic carbocycles. The summed E-state index contributed by atoms with van der Waals surface area (Å²) in [6.45, 7) is 1.65. The van der Waals surface area contributed by atoms with Gasteiger partial charge >= 0.3 is 0 Å². The molecule has 1 N–H and O–H groups in total. The zero-order valence-electron chi connectivity index (χ0n) is 10.3. The van der Waals surface area contributed by atoms with Crippen molar-refractivity contribution in [3.8, 4) is 0 Å². The smallest absolute Gasteiger partial charge is 0.128 e. The molecule has 0 heterocycles. The molecule has 1 atom stereocenters. The minimum Gasteiger partial charge on any atom is -0.385 e. The molecule has 0 aliphatic heterocycles. The van der Waals surface area contributed by atoms with Crippen molar-refractivity contribution in [2.45, 2.75) is 18.9 Å². The Morgan fingerprint density at radius 2 is 1.95 bits per heavy atom. The summed E-state index contributed by atoms with van der Waals surface area (Å²) in [5, 5.41) is 10.9. The van der Waals surface area contributed by atoms with Gasteiger partial charge in [0.05, 0.1) is 5.60 Å². The van der Waals surface area contributed by atoms with Crippen molar-refractivity contribution in [2.24, 2.45) is 0 Å². The minimum atomic E-state index is -1.18. The lowest BCUT2D eigenvalue weighted by molar-refractivity contribution is 0.0566. The van der Waals surface area contributed by atoms with Gasteiger partial charge in [-0.15, -0.1) is 0 Å². The molecule has 2 rings (SSSR count). The van der Waals surface area contributed by atoms with E-state index in [0.717, 1.165) is 4.47 Å². The molecule has 0 fully saturated rings. The van der Waals surface area contributed by atoms with Crippen molar-refractivity contribution in [1.82, 2.24) is 0 Å². The maximum Gasteiger partial charge on any atom is 0.128 e. The Morgan fingerprint density at radius 1 is 1.26 bits per heavy atom. The van der Waals surface area contributed by atoms with Crippen LogP contribution in [-0.2, 0) is 12.0 Å². The third kappa shape index (κ3) is 3.35. The van der Waals surface area contributed by atoms with Crippen LogP contribution in [0.1, 0.15) is 18.1 Å². The highest BCUT2D eigenvalue weighted by Gasteiger charge is 2.26. The van der Waals surface area contributed by atoms with Gasteiger partial charge < -0.3 is 5.11 Å². The Bertz CT molecular complexity index is 578. The molecule has 0 amide bonds. The van der Waals surface area contributed by atoms with Gasteiger partial charge in [0.2, 0.25) is 0 Å². The summed E-state index contributed by atoms with van der Waals surface area (Å²) in [6, 6.07) is 11.8. The van der Waals surface area contributed by atoms with Crippen molar-refractivity contribution in [1.29, 1.82) is 0 Å². The summed E-state index contributed by atoms with van der Waals surface area (Å²) in [5.74, 6) is -0.400. The van der Waals surface area contributed by atoms with Gasteiger partial charge in [0, 0.05) is 21.5 Å². The van der Waals surface area contributed by atoms with E-state index >= 15 is 0 Å². The summed E-state index contributed by atoms with van der Waals surface area (Å²) in [7, 11) is 0. The van der Waals surface area contributed by atoms with E-state index < -0.39 is 11.4 Å². The maximum absolute atomic E-state index is 13.8. The van der Waals surface area contributed by atoms with E-state index in [2.05, 4.69) is 15.9 Å². The number of hydrogen-bond donors (Lipinski definition) is 1. The zero-order chi connectivity index (χ0) is 14.0. The second-order valence-electron chi connectivity index (χ2n) is 4.66. The predicted molar refractivity (Wildman–Crippen MR) is 78.8 cm³/mol. The highest BCUT2D eigenvalue weighted by atomic mass is 79.9. The first-order valence-corrected chi connectivity index (χ1v) is 6.98. The van der Waals surface area contributed by atoms with Crippen LogP contribution in [0.3, 0.4) is 0 Å². The normalized spacial score (nSPS) is 14.2. The molecular formula is C15H13BrClFO. The summed E-state index contributed by atoms with van der Waals surface area (Å²) in [5.41, 5.74) is -0.148. The molecule has 0 aliphatic rings. The molecule has 19 heavy (non-hydrogen) atoms. The van der Waals surface area contributed by atoms with E-state index in [-0.39, 0.29) is 6.42 Å². The summed E-state index contributed by atoms with van der Waals surface area (Å²) < 4.78 is 14.6. The van der Waals surface area contributed by atoms with Gasteiger partial charge in [0.15, 0.2) is 0 Å². The molecule has 2 aromatic rings. The Balaban J connectivity index is 2.36. The zero-order valence-corrected chi connectivity index (χ0v) is 12.7. The average Bonchev–Trinajstić information content (AvgIpc) is 2.34. The minimum absolute atomic E-state index is 0.120. The van der Waals surface area contributed by atoms with Crippen LogP contribution in [0, 0.1) is 5.82 Å². The third-order valence-electron chi connectivity index (χ3n) is 3.03. The van der Waals surface area contributed by atoms with E-state index in [1.54, 1.807) is 25.1 Å². The Labute approximate surface area is 125 Å². The van der Waals surface area contributed by atoms with Gasteiger partial charge in [-0.2, -0.15) is 0 Å². The first-order chi connectivity index (χ1) is 8.90. The molecule has 1 unspecified atom stereocenters. The van der Waals surface area contributed by atoms with Crippen molar-refractivity contribution < 1.29 is 9.50 Å². The third-order valence-corrected chi connectivity index (χ3v) is 3.88. The van der Waals surface area contributed by atoms with Crippen LogP contribution in [0.15, 0.2) is 46.9 Å². The lowest BCUT2D eigenvalue weighted by Gasteiger charge is -2.25. The van der Waals surface area contributed by atoms with Crippen molar-refractivity contribution in [2.75, 3.05) is 0 Å². The van der Waals surface area contributed by atoms with Crippen LogP contribution in [-0.4, -0.2) is 5.11 Å². The Kier molecular flexibility index (Phi) is 4.29. The fraction of sp³-hybridized carbons (Fsp3) is 0.200. The number of aliphatic hydroxyl groups is 1. The number of rotatable bonds is 3. The van der Waals surface area contributed by atoms with E-state index in [1.807, 2.05) is 18.2 Å². The number of hydrogen-bond acceptors (Lipinski definition) is 1. The summed E-state index contributed by atoms with van der Waals surface area (Å²) in [4.78, 5) is 0. The standard InChI is InChI=1S/C15H13BrClFO/c1-15(19,10-4-2-5-11(16)8-10)9-12-13(17)6-3-7-14(12)18/h2-8,19H,9H2,1H3. The van der Waals surface area contributed by atoms with Gasteiger partial charge in [-0.05, 0) is 36.8 Å². The molecule has 1 nitrogen and oxygen atoms in total. The van der Waals surface area contributed by atoms with Crippen molar-refractivity contribution in [3.05, 3.63) is 68.9 Å². The monoisotopic (exact) mass is 342 g/mol. The highest BCUT2D eigenvalue weighted by molar-refractivity contribution is 9.10. The highest BCUT2D eigenvalue weighted by Crippen LogP contribution is 2.31. The lowest BCUT2D eigenvalue weighted by Crippen LogP contribution is -2.25. The van der Waals surface area contributed by atoms with Gasteiger partial charge in [0.1, 0.15) is 5.82 Å². The van der Waals surface area contributed by atoms with Crippen LogP contribution < -0.4 is 0 Å². The number of benzene rings is 2.